The summed E-state index contributed by atoms with van der Waals surface area (Å²) >= 11 is 0. The summed E-state index contributed by atoms with van der Waals surface area (Å²) in [6.45, 7) is 3.73. The molecule has 0 nitrogen and oxygen atoms in total. The van der Waals surface area contributed by atoms with Crippen molar-refractivity contribution in [1.82, 2.24) is 0 Å². The Hall–Kier alpha value is 7.16. The summed E-state index contributed by atoms with van der Waals surface area (Å²) in [6, 6.07) is 0. The third kappa shape index (κ3) is 53.4. The van der Waals surface area contributed by atoms with Crippen LogP contribution in [-0.4, -0.2) is 0 Å². The zero-order valence-corrected chi connectivity index (χ0v) is 27.5. The predicted octanol–water partition coefficient (Wildman–Crippen LogP) is 1.22. The molecule has 0 aliphatic heterocycles. The minimum Gasteiger partial charge on any atom is -0.331 e. The molecule has 7 heteroatoms. The van der Waals surface area contributed by atoms with Crippen LogP contribution in [0.1, 0.15) is 13.8 Å². The van der Waals surface area contributed by atoms with Crippen molar-refractivity contribution in [1.29, 1.82) is 0 Å². The first-order valence-electron chi connectivity index (χ1n) is 1.62. The maximum Gasteiger partial charge on any atom is 0 e. The Morgan fingerprint density at radius 1 is 0.750 bits per heavy atom. The van der Waals surface area contributed by atoms with Crippen LogP contribution in [0.25, 0.3) is 0 Å². The second kappa shape index (κ2) is 51.8. The van der Waals surface area contributed by atoms with Crippen molar-refractivity contribution in [3.8, 4) is 11.8 Å². The van der Waals surface area contributed by atoms with E-state index in [1.807, 2.05) is 20.3 Å². The van der Waals surface area contributed by atoms with Crippen molar-refractivity contribution >= 4 is 0 Å². The van der Waals surface area contributed by atoms with E-state index in [0.717, 1.165) is 0 Å². The molecule has 0 rings (SSSR count). The minimum atomic E-state index is 0. The van der Waals surface area contributed by atoms with Crippen LogP contribution in [0, 0.1) is 18.3 Å². The summed E-state index contributed by atoms with van der Waals surface area (Å²) < 4.78 is 0. The molecule has 0 aromatic carbocycles. The van der Waals surface area contributed by atoms with Crippen molar-refractivity contribution in [3.05, 3.63) is 6.42 Å². The molecule has 0 amide bonds. The van der Waals surface area contributed by atoms with Gasteiger partial charge in [0.1, 0.15) is 0 Å². The van der Waals surface area contributed by atoms with Crippen LogP contribution in [0.5, 0.6) is 0 Å². The third-order valence-electron chi connectivity index (χ3n) is 0.289. The normalized spacial score (nSPS) is 1.83. The molecule has 7 radical (unpaired) electrons. The van der Waals surface area contributed by atoms with Crippen molar-refractivity contribution < 1.29 is 229 Å². The Balaban J connectivity index is -0.00000000381. The Labute approximate surface area is 253 Å². The van der Waals surface area contributed by atoms with E-state index >= 15 is 0 Å². The molecule has 0 N–H and O–H groups in total. The molecular formula is C5H7Y7-. The van der Waals surface area contributed by atoms with E-state index < -0.39 is 0 Å². The monoisotopic (exact) mass is 689 g/mol. The van der Waals surface area contributed by atoms with Crippen molar-refractivity contribution in [2.24, 2.45) is 0 Å². The number of hydrogen-bond acceptors (Lipinski definition) is 0. The molecule has 0 atom stereocenters. The van der Waals surface area contributed by atoms with Gasteiger partial charge in [-0.15, -0.1) is 6.92 Å². The number of rotatable bonds is 0. The van der Waals surface area contributed by atoms with Gasteiger partial charge in [-0.05, 0) is 0 Å². The molecule has 0 aromatic heterocycles. The van der Waals surface area contributed by atoms with E-state index in [1.54, 1.807) is 0 Å². The molecule has 0 saturated heterocycles. The maximum atomic E-state index is 2.74. The Bertz CT molecular complexity index is 63.9. The van der Waals surface area contributed by atoms with Gasteiger partial charge in [0.25, 0.3) is 0 Å². The van der Waals surface area contributed by atoms with Gasteiger partial charge in [0, 0.05) is 229 Å². The first kappa shape index (κ1) is 50.7. The Morgan fingerprint density at radius 2 is 1.00 bits per heavy atom. The fourth-order valence-electron chi connectivity index (χ4n) is 0.144. The van der Waals surface area contributed by atoms with Crippen LogP contribution in [0.15, 0.2) is 0 Å². The average Bonchev–Trinajstić information content (AvgIpc) is 1.41. The first-order valence-corrected chi connectivity index (χ1v) is 1.62. The van der Waals surface area contributed by atoms with Crippen molar-refractivity contribution in [2.75, 3.05) is 0 Å². The Morgan fingerprint density at radius 3 is 1.00 bits per heavy atom. The standard InChI is InChI=1S/C5H7.7Y/c1-3-5-4-2;;;;;;;/h3H,1-2H3;;;;;;;/q-1;;;;;;;. The van der Waals surface area contributed by atoms with Crippen LogP contribution in [0.3, 0.4) is 0 Å². The maximum absolute atomic E-state index is 2.74. The van der Waals surface area contributed by atoms with Gasteiger partial charge in [0.2, 0.25) is 0 Å². The van der Waals surface area contributed by atoms with Crippen LogP contribution in [-0.2, 0) is 229 Å². The van der Waals surface area contributed by atoms with Gasteiger partial charge >= 0.3 is 0 Å². The summed E-state index contributed by atoms with van der Waals surface area (Å²) in [5, 5.41) is 0. The van der Waals surface area contributed by atoms with Crippen LogP contribution in [0.2, 0.25) is 0 Å². The summed E-state index contributed by atoms with van der Waals surface area (Å²) in [7, 11) is 0. The average molecular weight is 689 g/mol. The summed E-state index contributed by atoms with van der Waals surface area (Å²) in [5.74, 6) is 5.45. The van der Waals surface area contributed by atoms with E-state index in [9.17, 15) is 0 Å². The number of hydrogen-bond donors (Lipinski definition) is 0. The fourth-order valence-corrected chi connectivity index (χ4v) is 0.144. The summed E-state index contributed by atoms with van der Waals surface area (Å²) in [6.07, 6.45) is 1.82. The van der Waals surface area contributed by atoms with Gasteiger partial charge in [-0.1, -0.05) is 6.92 Å². The molecule has 0 heterocycles. The topological polar surface area (TPSA) is 0 Å². The van der Waals surface area contributed by atoms with E-state index in [-0.39, 0.29) is 229 Å². The minimum absolute atomic E-state index is 0. The predicted molar refractivity (Wildman–Crippen MR) is 23.4 cm³/mol. The van der Waals surface area contributed by atoms with Crippen molar-refractivity contribution in [3.63, 3.8) is 0 Å². The SMILES string of the molecule is CC#C[CH-]C.[Y].[Y].[Y].[Y].[Y].[Y].[Y]. The molecule has 0 saturated carbocycles. The molecule has 0 aliphatic rings. The van der Waals surface area contributed by atoms with Crippen LogP contribution in [0.4, 0.5) is 0 Å². The van der Waals surface area contributed by atoms with Crippen LogP contribution < -0.4 is 0 Å². The molecule has 0 unspecified atom stereocenters. The Kier molecular flexibility index (Phi) is 219. The van der Waals surface area contributed by atoms with E-state index in [1.165, 1.54) is 0 Å². The summed E-state index contributed by atoms with van der Waals surface area (Å²) in [5.41, 5.74) is 0. The molecule has 0 aliphatic carbocycles. The quantitative estimate of drug-likeness (QED) is 0.266. The van der Waals surface area contributed by atoms with E-state index in [4.69, 9.17) is 0 Å². The third-order valence-corrected chi connectivity index (χ3v) is 0.289. The largest absolute Gasteiger partial charge is 0.331 e. The van der Waals surface area contributed by atoms with Gasteiger partial charge in [-0.2, -0.15) is 6.42 Å². The van der Waals surface area contributed by atoms with E-state index in [0.29, 0.717) is 0 Å². The molecule has 0 fully saturated rings. The molecule has 49 valence electrons. The first-order chi connectivity index (χ1) is 2.41. The van der Waals surface area contributed by atoms with Gasteiger partial charge in [-0.25, -0.2) is 0 Å². The van der Waals surface area contributed by atoms with Gasteiger partial charge in [0.15, 0.2) is 0 Å². The van der Waals surface area contributed by atoms with Crippen LogP contribution >= 0.6 is 0 Å². The smallest absolute Gasteiger partial charge is 0 e. The van der Waals surface area contributed by atoms with Crippen molar-refractivity contribution in [2.45, 2.75) is 13.8 Å². The molecule has 0 spiro atoms. The van der Waals surface area contributed by atoms with Gasteiger partial charge < -0.3 is 5.92 Å². The molecule has 0 bridgehead atoms. The zero-order chi connectivity index (χ0) is 4.12. The second-order valence-electron chi connectivity index (χ2n) is 0.683. The zero-order valence-electron chi connectivity index (χ0n) is 7.62. The molecule has 12 heavy (non-hydrogen) atoms. The summed E-state index contributed by atoms with van der Waals surface area (Å²) in [4.78, 5) is 0. The van der Waals surface area contributed by atoms with Gasteiger partial charge in [-0.3, -0.25) is 5.92 Å². The van der Waals surface area contributed by atoms with Gasteiger partial charge in [0.05, 0.1) is 0 Å². The second-order valence-corrected chi connectivity index (χ2v) is 0.683. The molecular weight excluding hydrogens is 682 g/mol. The molecule has 0 aromatic rings. The van der Waals surface area contributed by atoms with E-state index in [2.05, 4.69) is 11.8 Å². The fraction of sp³-hybridized carbons (Fsp3) is 0.400.